The first kappa shape index (κ1) is 14.8. The Bertz CT molecular complexity index is 685. The van der Waals surface area contributed by atoms with Crippen molar-refractivity contribution in [3.8, 4) is 0 Å². The average molecular weight is 287 g/mol. The predicted octanol–water partition coefficient (Wildman–Crippen LogP) is 1.67. The van der Waals surface area contributed by atoms with Gasteiger partial charge in [-0.2, -0.15) is 0 Å². The van der Waals surface area contributed by atoms with Crippen LogP contribution in [0.2, 0.25) is 0 Å². The molecular formula is C15H17N3O3. The van der Waals surface area contributed by atoms with Crippen LogP contribution in [0, 0.1) is 6.92 Å². The van der Waals surface area contributed by atoms with Gasteiger partial charge in [-0.3, -0.25) is 4.79 Å². The number of hydrogen-bond acceptors (Lipinski definition) is 4. The highest BCUT2D eigenvalue weighted by molar-refractivity contribution is 5.95. The van der Waals surface area contributed by atoms with Gasteiger partial charge in [0.2, 0.25) is 5.91 Å². The molecule has 2 rings (SSSR count). The van der Waals surface area contributed by atoms with Gasteiger partial charge in [-0.1, -0.05) is 18.2 Å². The highest BCUT2D eigenvalue weighted by Gasteiger charge is 2.19. The Labute approximate surface area is 122 Å². The summed E-state index contributed by atoms with van der Waals surface area (Å²) in [6, 6.07) is 6.73. The van der Waals surface area contributed by atoms with Crippen molar-refractivity contribution in [1.29, 1.82) is 0 Å². The molecule has 0 aliphatic heterocycles. The van der Waals surface area contributed by atoms with Gasteiger partial charge in [0.15, 0.2) is 0 Å². The Balaban J connectivity index is 2.30. The zero-order valence-corrected chi connectivity index (χ0v) is 11.7. The number of primary amides is 1. The lowest BCUT2D eigenvalue weighted by molar-refractivity contribution is -0.138. The first-order valence-electron chi connectivity index (χ1n) is 6.61. The zero-order chi connectivity index (χ0) is 15.4. The molecule has 0 spiro atoms. The lowest BCUT2D eigenvalue weighted by atomic mass is 10.1. The number of pyridine rings is 1. The highest BCUT2D eigenvalue weighted by atomic mass is 16.4. The normalized spacial score (nSPS) is 12.0. The third kappa shape index (κ3) is 3.47. The summed E-state index contributed by atoms with van der Waals surface area (Å²) in [5.41, 5.74) is 6.15. The van der Waals surface area contributed by atoms with Gasteiger partial charge in [-0.25, -0.2) is 9.78 Å². The third-order valence-electron chi connectivity index (χ3n) is 3.31. The monoisotopic (exact) mass is 287 g/mol. The molecule has 0 aliphatic rings. The van der Waals surface area contributed by atoms with E-state index in [1.54, 1.807) is 6.20 Å². The second kappa shape index (κ2) is 6.21. The molecule has 21 heavy (non-hydrogen) atoms. The minimum absolute atomic E-state index is 0.00770. The molecule has 1 amide bonds. The van der Waals surface area contributed by atoms with E-state index in [4.69, 9.17) is 5.73 Å². The summed E-state index contributed by atoms with van der Waals surface area (Å²) in [7, 11) is 0. The molecule has 0 aliphatic carbocycles. The number of hydrogen-bond donors (Lipinski definition) is 3. The molecule has 6 nitrogen and oxygen atoms in total. The van der Waals surface area contributed by atoms with Gasteiger partial charge in [-0.15, -0.1) is 0 Å². The number of rotatable bonds is 6. The summed E-state index contributed by atoms with van der Waals surface area (Å²) in [6.07, 6.45) is 1.76. The van der Waals surface area contributed by atoms with Gasteiger partial charge >= 0.3 is 5.97 Å². The number of aryl methyl sites for hydroxylation is 1. The van der Waals surface area contributed by atoms with E-state index in [2.05, 4.69) is 10.3 Å². The van der Waals surface area contributed by atoms with Crippen LogP contribution in [0.3, 0.4) is 0 Å². The number of aliphatic carboxylic acids is 1. The smallest absolute Gasteiger partial charge is 0.326 e. The number of nitrogens with zero attached hydrogens (tertiary/aromatic N) is 1. The molecule has 2 aromatic rings. The van der Waals surface area contributed by atoms with Crippen LogP contribution in [0.25, 0.3) is 10.8 Å². The molecule has 0 bridgehead atoms. The van der Waals surface area contributed by atoms with Crippen LogP contribution in [-0.2, 0) is 9.59 Å². The van der Waals surface area contributed by atoms with Crippen LogP contribution in [0.15, 0.2) is 30.5 Å². The molecular weight excluding hydrogens is 270 g/mol. The number of anilines is 1. The number of carbonyl (C=O) groups is 2. The highest BCUT2D eigenvalue weighted by Crippen LogP contribution is 2.24. The number of aromatic nitrogens is 1. The molecule has 1 heterocycles. The number of amides is 1. The number of carboxylic acids is 1. The van der Waals surface area contributed by atoms with Crippen molar-refractivity contribution in [3.05, 3.63) is 36.0 Å². The van der Waals surface area contributed by atoms with E-state index in [9.17, 15) is 14.7 Å². The van der Waals surface area contributed by atoms with Gasteiger partial charge in [0.1, 0.15) is 11.9 Å². The van der Waals surface area contributed by atoms with Crippen LogP contribution >= 0.6 is 0 Å². The quantitative estimate of drug-likeness (QED) is 0.749. The molecule has 1 aromatic carbocycles. The zero-order valence-electron chi connectivity index (χ0n) is 11.7. The minimum atomic E-state index is -1.04. The standard InChI is InChI=1S/C15H17N3O3/c1-9-3-2-4-11-10(9)7-8-17-14(11)18-12(15(20)21)5-6-13(16)19/h2-4,7-8,12H,5-6H2,1H3,(H2,16,19)(H,17,18)(H,20,21). The molecule has 1 atom stereocenters. The number of fused-ring (bicyclic) bond motifs is 1. The van der Waals surface area contributed by atoms with Crippen molar-refractivity contribution in [2.24, 2.45) is 5.73 Å². The number of benzene rings is 1. The van der Waals surface area contributed by atoms with Gasteiger partial charge in [-0.05, 0) is 30.4 Å². The summed E-state index contributed by atoms with van der Waals surface area (Å²) in [6.45, 7) is 1.98. The molecule has 110 valence electrons. The molecule has 1 aromatic heterocycles. The van der Waals surface area contributed by atoms with Gasteiger partial charge < -0.3 is 16.2 Å². The van der Waals surface area contributed by atoms with E-state index < -0.39 is 17.9 Å². The van der Waals surface area contributed by atoms with Crippen molar-refractivity contribution >= 4 is 28.5 Å². The van der Waals surface area contributed by atoms with Gasteiger partial charge in [0, 0.05) is 18.0 Å². The Morgan fingerprint density at radius 2 is 2.10 bits per heavy atom. The second-order valence-electron chi connectivity index (χ2n) is 4.87. The average Bonchev–Trinajstić information content (AvgIpc) is 2.43. The van der Waals surface area contributed by atoms with Crippen LogP contribution < -0.4 is 11.1 Å². The fraction of sp³-hybridized carbons (Fsp3) is 0.267. The summed E-state index contributed by atoms with van der Waals surface area (Å²) < 4.78 is 0. The lowest BCUT2D eigenvalue weighted by Gasteiger charge is -2.16. The molecule has 0 saturated heterocycles. The van der Waals surface area contributed by atoms with Crippen molar-refractivity contribution in [1.82, 2.24) is 4.98 Å². The maximum atomic E-state index is 11.3. The Kier molecular flexibility index (Phi) is 4.37. The van der Waals surface area contributed by atoms with Crippen LogP contribution in [-0.4, -0.2) is 28.0 Å². The van der Waals surface area contributed by atoms with Crippen molar-refractivity contribution in [2.45, 2.75) is 25.8 Å². The maximum absolute atomic E-state index is 11.3. The number of nitrogens with two attached hydrogens (primary N) is 1. The largest absolute Gasteiger partial charge is 0.480 e. The number of carboxylic acid groups (broad SMARTS) is 1. The van der Waals surface area contributed by atoms with Gasteiger partial charge in [0.05, 0.1) is 0 Å². The summed E-state index contributed by atoms with van der Waals surface area (Å²) in [4.78, 5) is 26.3. The lowest BCUT2D eigenvalue weighted by Crippen LogP contribution is -2.31. The van der Waals surface area contributed by atoms with Crippen molar-refractivity contribution in [3.63, 3.8) is 0 Å². The van der Waals surface area contributed by atoms with Crippen LogP contribution in [0.4, 0.5) is 5.82 Å². The molecule has 0 fully saturated rings. The molecule has 0 saturated carbocycles. The number of carbonyl (C=O) groups excluding carboxylic acids is 1. The van der Waals surface area contributed by atoms with E-state index in [-0.39, 0.29) is 12.8 Å². The van der Waals surface area contributed by atoms with Crippen molar-refractivity contribution in [2.75, 3.05) is 5.32 Å². The second-order valence-corrected chi connectivity index (χ2v) is 4.87. The molecule has 6 heteroatoms. The van der Waals surface area contributed by atoms with Crippen LogP contribution in [0.1, 0.15) is 18.4 Å². The van der Waals surface area contributed by atoms with E-state index in [0.29, 0.717) is 5.82 Å². The fourth-order valence-electron chi connectivity index (χ4n) is 2.19. The van der Waals surface area contributed by atoms with Crippen LogP contribution in [0.5, 0.6) is 0 Å². The topological polar surface area (TPSA) is 105 Å². The van der Waals surface area contributed by atoms with E-state index >= 15 is 0 Å². The molecule has 1 unspecified atom stereocenters. The summed E-state index contributed by atoms with van der Waals surface area (Å²) in [5, 5.41) is 14.0. The van der Waals surface area contributed by atoms with E-state index in [0.717, 1.165) is 16.3 Å². The first-order valence-corrected chi connectivity index (χ1v) is 6.61. The Morgan fingerprint density at radius 1 is 1.33 bits per heavy atom. The van der Waals surface area contributed by atoms with Crippen molar-refractivity contribution < 1.29 is 14.7 Å². The first-order chi connectivity index (χ1) is 9.99. The minimum Gasteiger partial charge on any atom is -0.480 e. The van der Waals surface area contributed by atoms with Gasteiger partial charge in [0.25, 0.3) is 0 Å². The SMILES string of the molecule is Cc1cccc2c(NC(CCC(N)=O)C(=O)O)nccc12. The third-order valence-corrected chi connectivity index (χ3v) is 3.31. The van der Waals surface area contributed by atoms with E-state index in [1.165, 1.54) is 0 Å². The van der Waals surface area contributed by atoms with E-state index in [1.807, 2.05) is 31.2 Å². The molecule has 4 N–H and O–H groups in total. The molecule has 0 radical (unpaired) electrons. The number of nitrogens with one attached hydrogen (secondary N) is 1. The predicted molar refractivity (Wildman–Crippen MR) is 80.0 cm³/mol. The Hall–Kier alpha value is -2.63. The fourth-order valence-corrected chi connectivity index (χ4v) is 2.19. The Morgan fingerprint density at radius 3 is 2.76 bits per heavy atom. The summed E-state index contributed by atoms with van der Waals surface area (Å²) >= 11 is 0. The summed E-state index contributed by atoms with van der Waals surface area (Å²) in [5.74, 6) is -1.07. The maximum Gasteiger partial charge on any atom is 0.326 e.